The van der Waals surface area contributed by atoms with E-state index >= 15 is 0 Å². The van der Waals surface area contributed by atoms with Crippen molar-refractivity contribution in [2.45, 2.75) is 38.1 Å². The number of piperidine rings is 1. The molecule has 1 saturated heterocycles. The molecular formula is C33H36ClN3O2S. The first-order valence-corrected chi connectivity index (χ1v) is 15.2. The first-order valence-electron chi connectivity index (χ1n) is 14.0. The van der Waals surface area contributed by atoms with Crippen molar-refractivity contribution < 1.29 is 9.59 Å². The van der Waals surface area contributed by atoms with Crippen molar-refractivity contribution in [3.63, 3.8) is 0 Å². The van der Waals surface area contributed by atoms with Gasteiger partial charge in [-0.2, -0.15) is 0 Å². The number of carbonyl (C=O) groups excluding carboxylic acids is 2. The summed E-state index contributed by atoms with van der Waals surface area (Å²) in [5.74, 6) is 1.37. The van der Waals surface area contributed by atoms with E-state index in [4.69, 9.17) is 11.6 Å². The fraction of sp³-hybridized carbons (Fsp3) is 0.333. The molecule has 7 heteroatoms. The zero-order chi connectivity index (χ0) is 28.1. The Balaban J connectivity index is 1.21. The third-order valence-electron chi connectivity index (χ3n) is 7.41. The highest BCUT2D eigenvalue weighted by Gasteiger charge is 2.29. The summed E-state index contributed by atoms with van der Waals surface area (Å²) in [6.07, 6.45) is 4.15. The van der Waals surface area contributed by atoms with Crippen LogP contribution in [-0.4, -0.2) is 42.9 Å². The molecule has 2 aliphatic heterocycles. The van der Waals surface area contributed by atoms with Gasteiger partial charge in [0.2, 0.25) is 0 Å². The number of carbonyl (C=O) groups is 2. The molecule has 3 aromatic rings. The number of thioether (sulfide) groups is 1. The largest absolute Gasteiger partial charge is 0.352 e. The van der Waals surface area contributed by atoms with E-state index < -0.39 is 0 Å². The molecule has 0 saturated carbocycles. The minimum atomic E-state index is -0.0654. The first-order chi connectivity index (χ1) is 19.4. The van der Waals surface area contributed by atoms with Crippen molar-refractivity contribution in [1.29, 1.82) is 0 Å². The normalized spacial score (nSPS) is 20.4. The number of amides is 2. The molecule has 1 N–H and O–H groups in total. The maximum atomic E-state index is 13.6. The third-order valence-corrected chi connectivity index (χ3v) is 8.73. The lowest BCUT2D eigenvalue weighted by atomic mass is 9.92. The Morgan fingerprint density at radius 1 is 1.02 bits per heavy atom. The average molecular weight is 574 g/mol. The lowest BCUT2D eigenvalue weighted by Gasteiger charge is -2.34. The Kier molecular flexibility index (Phi) is 9.30. The molecule has 2 amide bonds. The summed E-state index contributed by atoms with van der Waals surface area (Å²) in [7, 11) is 0. The van der Waals surface area contributed by atoms with Crippen molar-refractivity contribution in [3.05, 3.63) is 99.4 Å². The fourth-order valence-corrected chi connectivity index (χ4v) is 6.97. The van der Waals surface area contributed by atoms with Crippen LogP contribution in [0.1, 0.15) is 48.2 Å². The minimum absolute atomic E-state index is 0.0528. The van der Waals surface area contributed by atoms with Gasteiger partial charge in [0.05, 0.1) is 17.1 Å². The number of anilines is 1. The molecule has 5 nitrogen and oxygen atoms in total. The quantitative estimate of drug-likeness (QED) is 0.230. The number of para-hydroxylation sites is 1. The molecule has 2 atom stereocenters. The van der Waals surface area contributed by atoms with Gasteiger partial charge < -0.3 is 15.1 Å². The molecular weight excluding hydrogens is 538 g/mol. The van der Waals surface area contributed by atoms with E-state index in [0.29, 0.717) is 28.6 Å². The van der Waals surface area contributed by atoms with Crippen LogP contribution in [0.5, 0.6) is 0 Å². The molecule has 2 aliphatic rings. The molecule has 0 radical (unpaired) electrons. The van der Waals surface area contributed by atoms with Crippen LogP contribution >= 0.6 is 23.4 Å². The summed E-state index contributed by atoms with van der Waals surface area (Å²) in [6, 6.07) is 23.0. The van der Waals surface area contributed by atoms with Gasteiger partial charge in [-0.25, -0.2) is 0 Å². The number of nitrogens with one attached hydrogen (secondary N) is 1. The number of nitrogens with zero attached hydrogens (tertiary/aromatic N) is 2. The van der Waals surface area contributed by atoms with Gasteiger partial charge in [-0.3, -0.25) is 9.59 Å². The van der Waals surface area contributed by atoms with Crippen molar-refractivity contribution >= 4 is 46.9 Å². The molecule has 1 fully saturated rings. The van der Waals surface area contributed by atoms with Gasteiger partial charge in [0.15, 0.2) is 0 Å². The molecule has 0 bridgehead atoms. The van der Waals surface area contributed by atoms with Gasteiger partial charge in [0, 0.05) is 35.1 Å². The Hall–Kier alpha value is -3.06. The molecule has 5 rings (SSSR count). The second-order valence-corrected chi connectivity index (χ2v) is 12.6. The van der Waals surface area contributed by atoms with Crippen LogP contribution in [0.15, 0.2) is 82.6 Å². The van der Waals surface area contributed by atoms with Crippen LogP contribution in [0.2, 0.25) is 5.02 Å². The molecule has 2 unspecified atom stereocenters. The van der Waals surface area contributed by atoms with Crippen molar-refractivity contribution in [1.82, 2.24) is 10.2 Å². The van der Waals surface area contributed by atoms with Crippen LogP contribution < -0.4 is 10.2 Å². The summed E-state index contributed by atoms with van der Waals surface area (Å²) < 4.78 is 0. The SMILES string of the molecule is CC1CC(C)CN(CCCNC(=O)c2ccc(/C=C3/Sc4ccccc4N(Cc4cccc(Cl)c4)C3=O)cc2)C1. The van der Waals surface area contributed by atoms with E-state index in [0.717, 1.165) is 59.6 Å². The third kappa shape index (κ3) is 7.17. The molecule has 2 heterocycles. The standard InChI is InChI=1S/C33H36ClN3O2S/c1-23-17-24(2)21-36(20-23)16-6-15-35-32(38)27-13-11-25(12-14-27)19-31-33(39)37(22-26-7-5-8-28(34)18-26)29-9-3-4-10-30(29)40-31/h3-5,7-14,18-19,23-24H,6,15-17,20-22H2,1-2H3,(H,35,38)/b31-19+. The number of benzene rings is 3. The predicted molar refractivity (Wildman–Crippen MR) is 166 cm³/mol. The van der Waals surface area contributed by atoms with Crippen molar-refractivity contribution in [2.24, 2.45) is 11.8 Å². The highest BCUT2D eigenvalue weighted by molar-refractivity contribution is 8.04. The van der Waals surface area contributed by atoms with Gasteiger partial charge in [-0.15, -0.1) is 0 Å². The second-order valence-electron chi connectivity index (χ2n) is 11.0. The number of hydrogen-bond acceptors (Lipinski definition) is 4. The van der Waals surface area contributed by atoms with Crippen LogP contribution in [0.3, 0.4) is 0 Å². The summed E-state index contributed by atoms with van der Waals surface area (Å²) in [5, 5.41) is 3.71. The van der Waals surface area contributed by atoms with Crippen LogP contribution in [0.4, 0.5) is 5.69 Å². The topological polar surface area (TPSA) is 52.7 Å². The summed E-state index contributed by atoms with van der Waals surface area (Å²) in [6.45, 7) is 9.07. The second kappa shape index (κ2) is 13.1. The van der Waals surface area contributed by atoms with Gasteiger partial charge in [0.25, 0.3) is 11.8 Å². The number of fused-ring (bicyclic) bond motifs is 1. The fourth-order valence-electron chi connectivity index (χ4n) is 5.70. The Morgan fingerprint density at radius 3 is 2.52 bits per heavy atom. The van der Waals surface area contributed by atoms with E-state index in [1.165, 1.54) is 18.2 Å². The van der Waals surface area contributed by atoms with Gasteiger partial charge in [0.1, 0.15) is 0 Å². The molecule has 0 aliphatic carbocycles. The van der Waals surface area contributed by atoms with Gasteiger partial charge >= 0.3 is 0 Å². The van der Waals surface area contributed by atoms with Crippen LogP contribution in [0.25, 0.3) is 6.08 Å². The molecule has 40 heavy (non-hydrogen) atoms. The van der Waals surface area contributed by atoms with E-state index in [-0.39, 0.29) is 11.8 Å². The smallest absolute Gasteiger partial charge is 0.265 e. The van der Waals surface area contributed by atoms with Crippen molar-refractivity contribution in [2.75, 3.05) is 31.1 Å². The Bertz CT molecular complexity index is 1380. The maximum absolute atomic E-state index is 13.6. The highest BCUT2D eigenvalue weighted by atomic mass is 35.5. The number of rotatable bonds is 8. The monoisotopic (exact) mass is 573 g/mol. The zero-order valence-corrected chi connectivity index (χ0v) is 24.7. The Labute approximate surface area is 246 Å². The van der Waals surface area contributed by atoms with Gasteiger partial charge in [-0.1, -0.05) is 73.6 Å². The average Bonchev–Trinajstić information content (AvgIpc) is 2.93. The number of hydrogen-bond donors (Lipinski definition) is 1. The molecule has 0 spiro atoms. The van der Waals surface area contributed by atoms with E-state index in [9.17, 15) is 9.59 Å². The molecule has 3 aromatic carbocycles. The Morgan fingerprint density at radius 2 is 1.77 bits per heavy atom. The molecule has 0 aromatic heterocycles. The van der Waals surface area contributed by atoms with Crippen LogP contribution in [-0.2, 0) is 11.3 Å². The van der Waals surface area contributed by atoms with Crippen molar-refractivity contribution in [3.8, 4) is 0 Å². The number of likely N-dealkylation sites (tertiary alicyclic amines) is 1. The minimum Gasteiger partial charge on any atom is -0.352 e. The van der Waals surface area contributed by atoms with E-state index in [2.05, 4.69) is 24.1 Å². The van der Waals surface area contributed by atoms with E-state index in [1.54, 1.807) is 4.90 Å². The summed E-state index contributed by atoms with van der Waals surface area (Å²) in [5.41, 5.74) is 3.36. The summed E-state index contributed by atoms with van der Waals surface area (Å²) in [4.78, 5) is 32.3. The highest BCUT2D eigenvalue weighted by Crippen LogP contribution is 2.42. The van der Waals surface area contributed by atoms with Gasteiger partial charge in [-0.05, 0) is 84.8 Å². The lowest BCUT2D eigenvalue weighted by molar-refractivity contribution is -0.114. The van der Waals surface area contributed by atoms with Crippen LogP contribution in [0, 0.1) is 11.8 Å². The number of halogens is 1. The lowest BCUT2D eigenvalue weighted by Crippen LogP contribution is -2.40. The maximum Gasteiger partial charge on any atom is 0.265 e. The zero-order valence-electron chi connectivity index (χ0n) is 23.1. The first kappa shape index (κ1) is 28.5. The predicted octanol–water partition coefficient (Wildman–Crippen LogP) is 7.12. The summed E-state index contributed by atoms with van der Waals surface area (Å²) >= 11 is 7.67. The van der Waals surface area contributed by atoms with E-state index in [1.807, 2.05) is 78.9 Å². The molecule has 208 valence electrons.